The Morgan fingerprint density at radius 3 is 2.29 bits per heavy atom. The zero-order valence-corrected chi connectivity index (χ0v) is 17.3. The van der Waals surface area contributed by atoms with Gasteiger partial charge >= 0.3 is 0 Å². The highest BCUT2D eigenvalue weighted by atomic mass is 16.5. The topological polar surface area (TPSA) is 41.6 Å². The van der Waals surface area contributed by atoms with Crippen LogP contribution in [0.1, 0.15) is 39.2 Å². The van der Waals surface area contributed by atoms with E-state index >= 15 is 0 Å². The SMILES string of the molecule is CCN1CCC(Cc2ccccc2)(Oc2ccc(NC(=O)C(C)C)cc2)CC1. The molecule has 0 unspecified atom stereocenters. The van der Waals surface area contributed by atoms with E-state index in [2.05, 4.69) is 47.5 Å². The minimum absolute atomic E-state index is 0.0288. The van der Waals surface area contributed by atoms with E-state index in [0.717, 1.165) is 50.3 Å². The van der Waals surface area contributed by atoms with Crippen molar-refractivity contribution < 1.29 is 9.53 Å². The van der Waals surface area contributed by atoms with Gasteiger partial charge in [0.15, 0.2) is 0 Å². The van der Waals surface area contributed by atoms with E-state index in [1.54, 1.807) is 0 Å². The summed E-state index contributed by atoms with van der Waals surface area (Å²) in [6.45, 7) is 9.21. The summed E-state index contributed by atoms with van der Waals surface area (Å²) >= 11 is 0. The number of amides is 1. The monoisotopic (exact) mass is 380 g/mol. The van der Waals surface area contributed by atoms with E-state index in [-0.39, 0.29) is 17.4 Å². The van der Waals surface area contributed by atoms with Gasteiger partial charge in [-0.15, -0.1) is 0 Å². The third-order valence-electron chi connectivity index (χ3n) is 5.56. The van der Waals surface area contributed by atoms with Gasteiger partial charge in [0.25, 0.3) is 0 Å². The molecule has 4 heteroatoms. The van der Waals surface area contributed by atoms with Crippen molar-refractivity contribution in [1.29, 1.82) is 0 Å². The fourth-order valence-electron chi connectivity index (χ4n) is 3.70. The first-order valence-electron chi connectivity index (χ1n) is 10.4. The molecule has 0 saturated carbocycles. The summed E-state index contributed by atoms with van der Waals surface area (Å²) in [5.74, 6) is 0.860. The highest BCUT2D eigenvalue weighted by Crippen LogP contribution is 2.32. The third kappa shape index (κ3) is 5.35. The Morgan fingerprint density at radius 1 is 1.07 bits per heavy atom. The van der Waals surface area contributed by atoms with Gasteiger partial charge in [-0.1, -0.05) is 51.1 Å². The third-order valence-corrected chi connectivity index (χ3v) is 5.56. The Morgan fingerprint density at radius 2 is 1.71 bits per heavy atom. The molecule has 2 aromatic carbocycles. The Labute approximate surface area is 168 Å². The van der Waals surface area contributed by atoms with Crippen molar-refractivity contribution in [2.75, 3.05) is 25.0 Å². The molecule has 1 aliphatic heterocycles. The molecule has 1 saturated heterocycles. The largest absolute Gasteiger partial charge is 0.487 e. The molecule has 0 atom stereocenters. The van der Waals surface area contributed by atoms with Crippen molar-refractivity contribution in [2.24, 2.45) is 5.92 Å². The lowest BCUT2D eigenvalue weighted by atomic mass is 9.85. The molecule has 0 spiro atoms. The maximum atomic E-state index is 11.9. The first kappa shape index (κ1) is 20.4. The number of benzene rings is 2. The van der Waals surface area contributed by atoms with Crippen LogP contribution >= 0.6 is 0 Å². The normalized spacial score (nSPS) is 16.7. The van der Waals surface area contributed by atoms with E-state index in [1.807, 2.05) is 38.1 Å². The van der Waals surface area contributed by atoms with E-state index in [0.29, 0.717) is 0 Å². The first-order chi connectivity index (χ1) is 13.5. The lowest BCUT2D eigenvalue weighted by Crippen LogP contribution is -2.49. The molecule has 0 aliphatic carbocycles. The summed E-state index contributed by atoms with van der Waals surface area (Å²) in [6.07, 6.45) is 2.94. The van der Waals surface area contributed by atoms with Crippen molar-refractivity contribution in [3.8, 4) is 5.75 Å². The minimum Gasteiger partial charge on any atom is -0.487 e. The molecule has 1 heterocycles. The van der Waals surface area contributed by atoms with Crippen LogP contribution in [0.2, 0.25) is 0 Å². The van der Waals surface area contributed by atoms with Gasteiger partial charge in [0.05, 0.1) is 0 Å². The number of likely N-dealkylation sites (tertiary alicyclic amines) is 1. The highest BCUT2D eigenvalue weighted by molar-refractivity contribution is 5.92. The van der Waals surface area contributed by atoms with Gasteiger partial charge in [-0.2, -0.15) is 0 Å². The summed E-state index contributed by atoms with van der Waals surface area (Å²) in [4.78, 5) is 14.4. The van der Waals surface area contributed by atoms with Crippen molar-refractivity contribution in [3.05, 3.63) is 60.2 Å². The molecule has 3 rings (SSSR count). The summed E-state index contributed by atoms with van der Waals surface area (Å²) in [6, 6.07) is 18.4. The lowest BCUT2D eigenvalue weighted by Gasteiger charge is -2.42. The van der Waals surface area contributed by atoms with Gasteiger partial charge in [0, 0.05) is 44.0 Å². The summed E-state index contributed by atoms with van der Waals surface area (Å²) in [5.41, 5.74) is 1.94. The zero-order chi connectivity index (χ0) is 20.0. The number of piperidine rings is 1. The molecule has 1 N–H and O–H groups in total. The van der Waals surface area contributed by atoms with Crippen LogP contribution in [0.25, 0.3) is 0 Å². The maximum absolute atomic E-state index is 11.9. The summed E-state index contributed by atoms with van der Waals surface area (Å²) in [7, 11) is 0. The van der Waals surface area contributed by atoms with Crippen LogP contribution in [0, 0.1) is 5.92 Å². The van der Waals surface area contributed by atoms with Crippen LogP contribution in [0.3, 0.4) is 0 Å². The van der Waals surface area contributed by atoms with Crippen molar-refractivity contribution >= 4 is 11.6 Å². The number of carbonyl (C=O) groups excluding carboxylic acids is 1. The number of hydrogen-bond donors (Lipinski definition) is 1. The maximum Gasteiger partial charge on any atom is 0.226 e. The second-order valence-corrected chi connectivity index (χ2v) is 8.05. The molecule has 1 aliphatic rings. The van der Waals surface area contributed by atoms with Crippen LogP contribution < -0.4 is 10.1 Å². The average Bonchev–Trinajstić information content (AvgIpc) is 2.71. The first-order valence-corrected chi connectivity index (χ1v) is 10.4. The van der Waals surface area contributed by atoms with E-state index in [1.165, 1.54) is 5.56 Å². The number of hydrogen-bond acceptors (Lipinski definition) is 3. The fraction of sp³-hybridized carbons (Fsp3) is 0.458. The van der Waals surface area contributed by atoms with E-state index in [9.17, 15) is 4.79 Å². The number of nitrogens with zero attached hydrogens (tertiary/aromatic N) is 1. The molecular weight excluding hydrogens is 348 g/mol. The number of carbonyl (C=O) groups is 1. The van der Waals surface area contributed by atoms with Crippen molar-refractivity contribution in [3.63, 3.8) is 0 Å². The molecule has 28 heavy (non-hydrogen) atoms. The molecular formula is C24H32N2O2. The molecule has 2 aromatic rings. The highest BCUT2D eigenvalue weighted by Gasteiger charge is 2.36. The number of ether oxygens (including phenoxy) is 1. The number of anilines is 1. The van der Waals surface area contributed by atoms with Gasteiger partial charge in [-0.25, -0.2) is 0 Å². The molecule has 1 amide bonds. The van der Waals surface area contributed by atoms with Gasteiger partial charge in [0.1, 0.15) is 11.4 Å². The Bertz CT molecular complexity index is 748. The molecule has 0 bridgehead atoms. The Kier molecular flexibility index (Phi) is 6.74. The molecule has 150 valence electrons. The Balaban J connectivity index is 1.73. The zero-order valence-electron chi connectivity index (χ0n) is 17.3. The van der Waals surface area contributed by atoms with Crippen LogP contribution in [0.5, 0.6) is 5.75 Å². The van der Waals surface area contributed by atoms with E-state index in [4.69, 9.17) is 4.74 Å². The average molecular weight is 381 g/mol. The second-order valence-electron chi connectivity index (χ2n) is 8.05. The van der Waals surface area contributed by atoms with Gasteiger partial charge in [0.2, 0.25) is 5.91 Å². The number of rotatable bonds is 7. The molecule has 4 nitrogen and oxygen atoms in total. The van der Waals surface area contributed by atoms with Crippen LogP contribution in [0.4, 0.5) is 5.69 Å². The van der Waals surface area contributed by atoms with Crippen molar-refractivity contribution in [1.82, 2.24) is 4.90 Å². The quantitative estimate of drug-likeness (QED) is 0.753. The van der Waals surface area contributed by atoms with Crippen LogP contribution in [-0.4, -0.2) is 36.0 Å². The smallest absolute Gasteiger partial charge is 0.226 e. The molecule has 0 radical (unpaired) electrons. The van der Waals surface area contributed by atoms with Gasteiger partial charge < -0.3 is 15.0 Å². The second kappa shape index (κ2) is 9.24. The standard InChI is InChI=1S/C24H32N2O2/c1-4-26-16-14-24(15-17-26,18-20-8-6-5-7-9-20)28-22-12-10-21(11-13-22)25-23(27)19(2)3/h5-13,19H,4,14-18H2,1-3H3,(H,25,27). The number of nitrogens with one attached hydrogen (secondary N) is 1. The predicted octanol–water partition coefficient (Wildman–Crippen LogP) is 4.76. The molecule has 1 fully saturated rings. The van der Waals surface area contributed by atoms with Crippen LogP contribution in [-0.2, 0) is 11.2 Å². The van der Waals surface area contributed by atoms with Gasteiger partial charge in [-0.05, 0) is 36.4 Å². The van der Waals surface area contributed by atoms with E-state index < -0.39 is 0 Å². The van der Waals surface area contributed by atoms with Crippen LogP contribution in [0.15, 0.2) is 54.6 Å². The minimum atomic E-state index is -0.185. The summed E-state index contributed by atoms with van der Waals surface area (Å²) < 4.78 is 6.61. The Hall–Kier alpha value is -2.33. The lowest BCUT2D eigenvalue weighted by molar-refractivity contribution is -0.118. The summed E-state index contributed by atoms with van der Waals surface area (Å²) in [5, 5.41) is 2.93. The van der Waals surface area contributed by atoms with Crippen molar-refractivity contribution in [2.45, 2.75) is 45.6 Å². The predicted molar refractivity (Wildman–Crippen MR) is 115 cm³/mol. The van der Waals surface area contributed by atoms with Gasteiger partial charge in [-0.3, -0.25) is 4.79 Å². The fourth-order valence-corrected chi connectivity index (χ4v) is 3.70. The molecule has 0 aromatic heterocycles.